The van der Waals surface area contributed by atoms with Crippen molar-refractivity contribution in [3.05, 3.63) is 93.8 Å². The van der Waals surface area contributed by atoms with Crippen LogP contribution in [-0.2, 0) is 30.4 Å². The van der Waals surface area contributed by atoms with E-state index in [1.54, 1.807) is 24.0 Å². The molecule has 3 aromatic rings. The number of piperazine rings is 1. The van der Waals surface area contributed by atoms with Crippen molar-refractivity contribution in [3.8, 4) is 0 Å². The average Bonchev–Trinajstić information content (AvgIpc) is 3.64. The van der Waals surface area contributed by atoms with Crippen molar-refractivity contribution >= 4 is 58.3 Å². The number of anilines is 2. The van der Waals surface area contributed by atoms with Crippen LogP contribution in [0.15, 0.2) is 65.8 Å². The van der Waals surface area contributed by atoms with Crippen molar-refractivity contribution in [2.75, 3.05) is 42.9 Å². The third kappa shape index (κ3) is 7.57. The Bertz CT molecular complexity index is 1930. The molecule has 0 unspecified atom stereocenters. The molecule has 3 atom stereocenters. The Morgan fingerprint density at radius 2 is 1.69 bits per heavy atom. The number of benzene rings is 3. The molecule has 3 aliphatic rings. The normalized spacial score (nSPS) is 18.9. The number of hydrogen-bond acceptors (Lipinski definition) is 8. The second kappa shape index (κ2) is 15.4. The molecule has 1 saturated heterocycles. The number of carbonyl (C=O) groups excluding carboxylic acids is 3. The molecule has 0 aromatic heterocycles. The van der Waals surface area contributed by atoms with Crippen molar-refractivity contribution < 1.29 is 43.4 Å². The van der Waals surface area contributed by atoms with Gasteiger partial charge in [-0.3, -0.25) is 19.2 Å². The molecule has 15 heteroatoms. The third-order valence-corrected chi connectivity index (χ3v) is 10.0. The number of oxime groups is 1. The van der Waals surface area contributed by atoms with Gasteiger partial charge in [0.05, 0.1) is 22.2 Å². The zero-order valence-corrected chi connectivity index (χ0v) is 29.0. The van der Waals surface area contributed by atoms with Crippen LogP contribution in [0.4, 0.5) is 15.8 Å². The molecule has 1 fully saturated rings. The average molecular weight is 734 g/mol. The number of aromatic carboxylic acids is 1. The topological polar surface area (TPSA) is 169 Å². The summed E-state index contributed by atoms with van der Waals surface area (Å²) in [7, 11) is 0. The summed E-state index contributed by atoms with van der Waals surface area (Å²) in [6.45, 7) is 3.65. The molecule has 52 heavy (non-hydrogen) atoms. The summed E-state index contributed by atoms with van der Waals surface area (Å²) in [6.07, 6.45) is -0.335. The van der Waals surface area contributed by atoms with Gasteiger partial charge in [-0.1, -0.05) is 41.9 Å². The van der Waals surface area contributed by atoms with Gasteiger partial charge in [0.15, 0.2) is 5.82 Å². The molecular weight excluding hydrogens is 697 g/mol. The standard InChI is InChI=1S/C37H37ClFN5O8/c1-21(36(48)49)8-13-31(45)43-18-16-42(17-19-43)29-7-3-4-25-24(29)14-15-44(33(25)34(46)40-23-11-9-22(10-12-23)37(50)51)35(47)30-20-28(41-52-30)26-5-2-6-27(38)32(26)39/h2-7,9-12,21,30,33H,8,13-20H2,1H3,(H,40,46)(H,48,49)(H,50,51)/t21-,30+,33-/m0/s1. The second-order valence-electron chi connectivity index (χ2n) is 13.0. The maximum Gasteiger partial charge on any atom is 0.335 e. The molecule has 3 amide bonds. The molecule has 13 nitrogen and oxygen atoms in total. The minimum atomic E-state index is -1.12. The number of nitrogens with one attached hydrogen (secondary N) is 1. The molecule has 0 saturated carbocycles. The van der Waals surface area contributed by atoms with Gasteiger partial charge in [0, 0.05) is 62.5 Å². The Morgan fingerprint density at radius 3 is 2.38 bits per heavy atom. The maximum atomic E-state index is 14.8. The Balaban J connectivity index is 1.23. The fourth-order valence-electron chi connectivity index (χ4n) is 6.77. The van der Waals surface area contributed by atoms with E-state index in [4.69, 9.17) is 21.5 Å². The quantitative estimate of drug-likeness (QED) is 0.270. The molecule has 0 radical (unpaired) electrons. The molecule has 272 valence electrons. The minimum absolute atomic E-state index is 0.0390. The van der Waals surface area contributed by atoms with Crippen molar-refractivity contribution in [3.63, 3.8) is 0 Å². The lowest BCUT2D eigenvalue weighted by Crippen LogP contribution is -2.51. The lowest BCUT2D eigenvalue weighted by Gasteiger charge is -2.41. The molecule has 0 spiro atoms. The minimum Gasteiger partial charge on any atom is -0.481 e. The maximum absolute atomic E-state index is 14.8. The van der Waals surface area contributed by atoms with Gasteiger partial charge in [-0.15, -0.1) is 0 Å². The SMILES string of the molecule is C[C@@H](CCC(=O)N1CCN(c2cccc3c2CCN(C(=O)[C@H]2CC(c4cccc(Cl)c4F)=NO2)[C@@H]3C(=O)Nc2ccc(C(=O)O)cc2)CC1)C(=O)O. The van der Waals surface area contributed by atoms with E-state index in [1.165, 1.54) is 41.3 Å². The van der Waals surface area contributed by atoms with Crippen LogP contribution in [0, 0.1) is 11.7 Å². The van der Waals surface area contributed by atoms with E-state index in [0.717, 1.165) is 11.3 Å². The van der Waals surface area contributed by atoms with Crippen LogP contribution in [0.1, 0.15) is 59.3 Å². The van der Waals surface area contributed by atoms with Gasteiger partial charge >= 0.3 is 11.9 Å². The van der Waals surface area contributed by atoms with E-state index in [1.807, 2.05) is 12.1 Å². The Hall–Kier alpha value is -5.50. The summed E-state index contributed by atoms with van der Waals surface area (Å²) in [6, 6.07) is 14.6. The highest BCUT2D eigenvalue weighted by Crippen LogP contribution is 2.38. The van der Waals surface area contributed by atoms with Crippen LogP contribution in [-0.4, -0.2) is 94.2 Å². The Morgan fingerprint density at radius 1 is 0.981 bits per heavy atom. The van der Waals surface area contributed by atoms with Gasteiger partial charge in [0.25, 0.3) is 11.8 Å². The van der Waals surface area contributed by atoms with Crippen molar-refractivity contribution in [1.29, 1.82) is 0 Å². The fourth-order valence-corrected chi connectivity index (χ4v) is 6.95. The molecule has 0 aliphatic carbocycles. The van der Waals surface area contributed by atoms with Crippen LogP contribution < -0.4 is 10.2 Å². The van der Waals surface area contributed by atoms with Crippen molar-refractivity contribution in [1.82, 2.24) is 9.80 Å². The Kier molecular flexibility index (Phi) is 10.7. The summed E-state index contributed by atoms with van der Waals surface area (Å²) in [5.74, 6) is -4.47. The van der Waals surface area contributed by atoms with Gasteiger partial charge in [-0.2, -0.15) is 0 Å². The molecular formula is C37H37ClFN5O8. The van der Waals surface area contributed by atoms with Crippen LogP contribution in [0.3, 0.4) is 0 Å². The third-order valence-electron chi connectivity index (χ3n) is 9.72. The predicted octanol–water partition coefficient (Wildman–Crippen LogP) is 4.58. The van der Waals surface area contributed by atoms with Gasteiger partial charge in [0.2, 0.25) is 12.0 Å². The van der Waals surface area contributed by atoms with E-state index < -0.39 is 47.6 Å². The number of fused-ring (bicyclic) bond motifs is 1. The van der Waals surface area contributed by atoms with Crippen molar-refractivity contribution in [2.45, 2.75) is 44.8 Å². The van der Waals surface area contributed by atoms with E-state index in [0.29, 0.717) is 43.9 Å². The number of aliphatic carboxylic acids is 1. The largest absolute Gasteiger partial charge is 0.481 e. The number of amides is 3. The smallest absolute Gasteiger partial charge is 0.335 e. The zero-order chi connectivity index (χ0) is 37.1. The first-order valence-corrected chi connectivity index (χ1v) is 17.3. The summed E-state index contributed by atoms with van der Waals surface area (Å²) in [5.41, 5.74) is 3.05. The predicted molar refractivity (Wildman–Crippen MR) is 189 cm³/mol. The van der Waals surface area contributed by atoms with Crippen LogP contribution in [0.2, 0.25) is 5.02 Å². The molecule has 6 rings (SSSR count). The molecule has 3 N–H and O–H groups in total. The summed E-state index contributed by atoms with van der Waals surface area (Å²) in [5, 5.41) is 25.2. The highest BCUT2D eigenvalue weighted by Gasteiger charge is 2.42. The van der Waals surface area contributed by atoms with Crippen LogP contribution in [0.25, 0.3) is 0 Å². The monoisotopic (exact) mass is 733 g/mol. The fraction of sp³-hybridized carbons (Fsp3) is 0.351. The highest BCUT2D eigenvalue weighted by atomic mass is 35.5. The van der Waals surface area contributed by atoms with E-state index in [9.17, 15) is 33.5 Å². The highest BCUT2D eigenvalue weighted by molar-refractivity contribution is 6.31. The van der Waals surface area contributed by atoms with Crippen LogP contribution >= 0.6 is 11.6 Å². The number of carboxylic acid groups (broad SMARTS) is 2. The number of carbonyl (C=O) groups is 5. The second-order valence-corrected chi connectivity index (χ2v) is 13.4. The summed E-state index contributed by atoms with van der Waals surface area (Å²) >= 11 is 5.97. The van der Waals surface area contributed by atoms with E-state index in [-0.39, 0.29) is 53.6 Å². The van der Waals surface area contributed by atoms with Gasteiger partial charge in [0.1, 0.15) is 6.04 Å². The lowest BCUT2D eigenvalue weighted by atomic mass is 9.89. The number of rotatable bonds is 10. The first kappa shape index (κ1) is 36.3. The number of carboxylic acids is 2. The number of halogens is 2. The van der Waals surface area contributed by atoms with Crippen LogP contribution in [0.5, 0.6) is 0 Å². The zero-order valence-electron chi connectivity index (χ0n) is 28.3. The first-order valence-electron chi connectivity index (χ1n) is 16.9. The van der Waals surface area contributed by atoms with Gasteiger partial charge in [-0.05, 0) is 66.4 Å². The molecule has 3 heterocycles. The van der Waals surface area contributed by atoms with Crippen molar-refractivity contribution in [2.24, 2.45) is 11.1 Å². The molecule has 3 aliphatic heterocycles. The number of nitrogens with zero attached hydrogens (tertiary/aromatic N) is 4. The van der Waals surface area contributed by atoms with Gasteiger partial charge < -0.3 is 35.1 Å². The first-order chi connectivity index (χ1) is 24.9. The van der Waals surface area contributed by atoms with E-state index in [2.05, 4.69) is 15.4 Å². The Labute approximate surface area is 303 Å². The molecule has 3 aromatic carbocycles. The number of hydrogen-bond donors (Lipinski definition) is 3. The lowest BCUT2D eigenvalue weighted by molar-refractivity contribution is -0.148. The summed E-state index contributed by atoms with van der Waals surface area (Å²) in [4.78, 5) is 74.5. The van der Waals surface area contributed by atoms with E-state index >= 15 is 0 Å². The molecule has 0 bridgehead atoms. The van der Waals surface area contributed by atoms with Gasteiger partial charge in [-0.25, -0.2) is 9.18 Å². The summed E-state index contributed by atoms with van der Waals surface area (Å²) < 4.78 is 14.8.